The molecule has 0 bridgehead atoms. The van der Waals surface area contributed by atoms with Crippen molar-refractivity contribution in [3.8, 4) is 5.75 Å². The van der Waals surface area contributed by atoms with Crippen LogP contribution in [0.2, 0.25) is 0 Å². The van der Waals surface area contributed by atoms with Crippen molar-refractivity contribution < 1.29 is 14.6 Å². The highest BCUT2D eigenvalue weighted by atomic mass is 16.5. The maximum Gasteiger partial charge on any atom is 0.330 e. The van der Waals surface area contributed by atoms with Crippen molar-refractivity contribution in [3.63, 3.8) is 0 Å². The summed E-state index contributed by atoms with van der Waals surface area (Å²) in [5, 5.41) is 9.51. The first-order valence-corrected chi connectivity index (χ1v) is 5.14. The van der Waals surface area contributed by atoms with Crippen LogP contribution in [0.1, 0.15) is 18.9 Å². The molecule has 0 saturated heterocycles. The number of hydrogen-bond donors (Lipinski definition) is 1. The van der Waals surface area contributed by atoms with Crippen molar-refractivity contribution in [1.82, 2.24) is 0 Å². The van der Waals surface area contributed by atoms with E-state index in [0.717, 1.165) is 11.6 Å². The van der Waals surface area contributed by atoms with Gasteiger partial charge in [0.1, 0.15) is 5.75 Å². The maximum absolute atomic E-state index is 10.9. The fourth-order valence-corrected chi connectivity index (χ4v) is 1.32. The molecule has 16 heavy (non-hydrogen) atoms. The molecule has 1 aromatic rings. The van der Waals surface area contributed by atoms with Crippen LogP contribution in [0.3, 0.4) is 0 Å². The lowest BCUT2D eigenvalue weighted by Gasteiger charge is -2.12. The molecule has 0 fully saturated rings. The number of benzene rings is 1. The molecule has 1 radical (unpaired) electrons. The Kier molecular flexibility index (Phi) is 4.58. The SMILES string of the molecule is C=CC(=O)OC(C)CCc1c[c]ccc1O. The van der Waals surface area contributed by atoms with Crippen molar-refractivity contribution in [2.24, 2.45) is 0 Å². The summed E-state index contributed by atoms with van der Waals surface area (Å²) in [5.41, 5.74) is 0.809. The van der Waals surface area contributed by atoms with Gasteiger partial charge in [0, 0.05) is 6.08 Å². The molecule has 3 heteroatoms. The van der Waals surface area contributed by atoms with Crippen LogP contribution in [0, 0.1) is 6.07 Å². The Hall–Kier alpha value is -1.77. The van der Waals surface area contributed by atoms with Crippen LogP contribution in [0.5, 0.6) is 5.75 Å². The minimum atomic E-state index is -0.420. The van der Waals surface area contributed by atoms with Crippen molar-refractivity contribution in [1.29, 1.82) is 0 Å². The van der Waals surface area contributed by atoms with Crippen LogP contribution in [-0.4, -0.2) is 17.2 Å². The largest absolute Gasteiger partial charge is 0.508 e. The van der Waals surface area contributed by atoms with Gasteiger partial charge in [-0.3, -0.25) is 0 Å². The summed E-state index contributed by atoms with van der Waals surface area (Å²) in [6.45, 7) is 5.14. The van der Waals surface area contributed by atoms with Crippen LogP contribution < -0.4 is 0 Å². The molecular formula is C13H15O3. The topological polar surface area (TPSA) is 46.5 Å². The van der Waals surface area contributed by atoms with E-state index in [1.165, 1.54) is 0 Å². The highest BCUT2D eigenvalue weighted by Crippen LogP contribution is 2.18. The van der Waals surface area contributed by atoms with Crippen molar-refractivity contribution in [3.05, 3.63) is 42.5 Å². The van der Waals surface area contributed by atoms with Gasteiger partial charge in [-0.25, -0.2) is 4.79 Å². The first-order valence-electron chi connectivity index (χ1n) is 5.14. The second kappa shape index (κ2) is 5.95. The van der Waals surface area contributed by atoms with Gasteiger partial charge in [0.25, 0.3) is 0 Å². The zero-order valence-corrected chi connectivity index (χ0v) is 9.27. The van der Waals surface area contributed by atoms with Crippen molar-refractivity contribution in [2.75, 3.05) is 0 Å². The number of carbonyl (C=O) groups excluding carboxylic acids is 1. The molecule has 0 aromatic heterocycles. The van der Waals surface area contributed by atoms with Crippen LogP contribution in [0.15, 0.2) is 30.9 Å². The van der Waals surface area contributed by atoms with E-state index in [0.29, 0.717) is 12.8 Å². The Morgan fingerprint density at radius 1 is 1.75 bits per heavy atom. The molecule has 1 N–H and O–H groups in total. The average molecular weight is 219 g/mol. The van der Waals surface area contributed by atoms with E-state index in [-0.39, 0.29) is 11.9 Å². The van der Waals surface area contributed by atoms with E-state index in [1.54, 1.807) is 18.2 Å². The number of hydrogen-bond acceptors (Lipinski definition) is 3. The fraction of sp³-hybridized carbons (Fsp3) is 0.308. The van der Waals surface area contributed by atoms with Gasteiger partial charge in [0.2, 0.25) is 0 Å². The summed E-state index contributed by atoms with van der Waals surface area (Å²) in [7, 11) is 0. The summed E-state index contributed by atoms with van der Waals surface area (Å²) >= 11 is 0. The summed E-state index contributed by atoms with van der Waals surface area (Å²) in [4.78, 5) is 10.9. The lowest BCUT2D eigenvalue weighted by Crippen LogP contribution is -2.13. The van der Waals surface area contributed by atoms with E-state index in [1.807, 2.05) is 6.92 Å². The van der Waals surface area contributed by atoms with Crippen LogP contribution >= 0.6 is 0 Å². The number of phenolic OH excluding ortho intramolecular Hbond substituents is 1. The zero-order chi connectivity index (χ0) is 12.0. The van der Waals surface area contributed by atoms with Gasteiger partial charge >= 0.3 is 5.97 Å². The Bertz CT molecular complexity index is 371. The smallest absolute Gasteiger partial charge is 0.330 e. The van der Waals surface area contributed by atoms with E-state index >= 15 is 0 Å². The molecule has 1 aromatic carbocycles. The molecule has 0 saturated carbocycles. The van der Waals surface area contributed by atoms with E-state index in [9.17, 15) is 9.90 Å². The summed E-state index contributed by atoms with van der Waals surface area (Å²) in [5.74, 6) is -0.169. The maximum atomic E-state index is 10.9. The second-order valence-electron chi connectivity index (χ2n) is 3.55. The van der Waals surface area contributed by atoms with Crippen LogP contribution in [0.25, 0.3) is 0 Å². The number of carbonyl (C=O) groups is 1. The molecule has 0 aliphatic heterocycles. The number of ether oxygens (including phenoxy) is 1. The van der Waals surface area contributed by atoms with Gasteiger partial charge in [-0.15, -0.1) is 0 Å². The Morgan fingerprint density at radius 2 is 2.50 bits per heavy atom. The standard InChI is InChI=1S/C13H15O3/c1-3-13(15)16-10(2)8-9-11-6-4-5-7-12(11)14/h3,5-7,10,14H,1,8-9H2,2H3. The highest BCUT2D eigenvalue weighted by molar-refractivity contribution is 5.81. The van der Waals surface area contributed by atoms with E-state index in [4.69, 9.17) is 4.74 Å². The quantitative estimate of drug-likeness (QED) is 0.610. The third kappa shape index (κ3) is 3.77. The lowest BCUT2D eigenvalue weighted by molar-refractivity contribution is -0.142. The Labute approximate surface area is 95.4 Å². The Balaban J connectivity index is 2.43. The van der Waals surface area contributed by atoms with Crippen molar-refractivity contribution >= 4 is 5.97 Å². The van der Waals surface area contributed by atoms with Gasteiger partial charge < -0.3 is 9.84 Å². The summed E-state index contributed by atoms with van der Waals surface area (Å²) < 4.78 is 5.01. The van der Waals surface area contributed by atoms with E-state index < -0.39 is 5.97 Å². The zero-order valence-electron chi connectivity index (χ0n) is 9.27. The molecule has 1 unspecified atom stereocenters. The molecule has 3 nitrogen and oxygen atoms in total. The summed E-state index contributed by atoms with van der Waals surface area (Å²) in [6.07, 6.45) is 2.26. The number of aryl methyl sites for hydroxylation is 1. The number of rotatable bonds is 5. The van der Waals surface area contributed by atoms with Gasteiger partial charge in [0.15, 0.2) is 0 Å². The molecule has 1 atom stereocenters. The average Bonchev–Trinajstić information content (AvgIpc) is 2.28. The highest BCUT2D eigenvalue weighted by Gasteiger charge is 2.08. The number of esters is 1. The molecular weight excluding hydrogens is 204 g/mol. The normalized spacial score (nSPS) is 11.8. The van der Waals surface area contributed by atoms with Crippen molar-refractivity contribution in [2.45, 2.75) is 25.9 Å². The predicted octanol–water partition coefficient (Wildman–Crippen LogP) is 2.24. The molecule has 0 aliphatic carbocycles. The first kappa shape index (κ1) is 12.3. The molecule has 1 rings (SSSR count). The van der Waals surface area contributed by atoms with Gasteiger partial charge in [-0.1, -0.05) is 12.6 Å². The van der Waals surface area contributed by atoms with Crippen LogP contribution in [0.4, 0.5) is 0 Å². The predicted molar refractivity (Wildman–Crippen MR) is 61.0 cm³/mol. The molecule has 0 spiro atoms. The number of phenols is 1. The van der Waals surface area contributed by atoms with Crippen LogP contribution in [-0.2, 0) is 16.0 Å². The molecule has 85 valence electrons. The lowest BCUT2D eigenvalue weighted by atomic mass is 10.1. The third-order valence-electron chi connectivity index (χ3n) is 2.23. The first-order chi connectivity index (χ1) is 7.63. The van der Waals surface area contributed by atoms with E-state index in [2.05, 4.69) is 12.6 Å². The van der Waals surface area contributed by atoms with Gasteiger partial charge in [-0.2, -0.15) is 0 Å². The van der Waals surface area contributed by atoms with Gasteiger partial charge in [-0.05, 0) is 43.5 Å². The number of aromatic hydroxyl groups is 1. The summed E-state index contributed by atoms with van der Waals surface area (Å²) in [6, 6.07) is 7.87. The Morgan fingerprint density at radius 3 is 3.12 bits per heavy atom. The molecule has 0 amide bonds. The molecule has 0 aliphatic rings. The fourth-order valence-electron chi connectivity index (χ4n) is 1.32. The minimum Gasteiger partial charge on any atom is -0.508 e. The van der Waals surface area contributed by atoms with Gasteiger partial charge in [0.05, 0.1) is 6.10 Å². The molecule has 0 heterocycles. The third-order valence-corrected chi connectivity index (χ3v) is 2.23. The minimum absolute atomic E-state index is 0.190. The second-order valence-corrected chi connectivity index (χ2v) is 3.55. The monoisotopic (exact) mass is 219 g/mol.